The van der Waals surface area contributed by atoms with Gasteiger partial charge in [0.05, 0.1) is 13.1 Å². The Morgan fingerprint density at radius 2 is 2.00 bits per heavy atom. The predicted molar refractivity (Wildman–Crippen MR) is 127 cm³/mol. The van der Waals surface area contributed by atoms with Gasteiger partial charge in [-0.15, -0.1) is 24.0 Å². The largest absolute Gasteiger partial charge is 0.354 e. The highest BCUT2D eigenvalue weighted by Crippen LogP contribution is 2.28. The first-order valence-corrected chi connectivity index (χ1v) is 10.5. The number of nitrogens with zero attached hydrogens (tertiary/aromatic N) is 2. The van der Waals surface area contributed by atoms with Crippen LogP contribution in [-0.2, 0) is 11.3 Å². The minimum absolute atomic E-state index is 0. The van der Waals surface area contributed by atoms with Crippen molar-refractivity contribution in [3.05, 3.63) is 35.9 Å². The Morgan fingerprint density at radius 1 is 1.26 bits per heavy atom. The van der Waals surface area contributed by atoms with Crippen LogP contribution >= 0.6 is 35.7 Å². The molecule has 2 rings (SSSR count). The van der Waals surface area contributed by atoms with Gasteiger partial charge < -0.3 is 15.5 Å². The summed E-state index contributed by atoms with van der Waals surface area (Å²) in [6.45, 7) is 3.09. The first-order chi connectivity index (χ1) is 12.6. The molecule has 0 spiro atoms. The average Bonchev–Trinajstić information content (AvgIpc) is 2.65. The van der Waals surface area contributed by atoms with E-state index in [2.05, 4.69) is 41.5 Å². The van der Waals surface area contributed by atoms with Crippen molar-refractivity contribution in [2.75, 3.05) is 26.4 Å². The van der Waals surface area contributed by atoms with Crippen molar-refractivity contribution in [1.29, 1.82) is 0 Å². The van der Waals surface area contributed by atoms with Gasteiger partial charge in [0.2, 0.25) is 5.91 Å². The first kappa shape index (κ1) is 24.1. The Bertz CT molecular complexity index is 581. The zero-order valence-electron chi connectivity index (χ0n) is 16.6. The SMILES string of the molecule is CCSC1CCCC(NC(=NCc2ccccc2)NCC(=O)N(C)C)C1.I. The summed E-state index contributed by atoms with van der Waals surface area (Å²) in [5.41, 5.74) is 1.16. The number of aliphatic imine (C=N–C) groups is 1. The van der Waals surface area contributed by atoms with E-state index in [0.29, 0.717) is 12.6 Å². The molecule has 1 fully saturated rings. The van der Waals surface area contributed by atoms with Crippen LogP contribution in [0.3, 0.4) is 0 Å². The van der Waals surface area contributed by atoms with Crippen molar-refractivity contribution < 1.29 is 4.79 Å². The molecule has 27 heavy (non-hydrogen) atoms. The highest BCUT2D eigenvalue weighted by molar-refractivity contribution is 14.0. The Labute approximate surface area is 185 Å². The van der Waals surface area contributed by atoms with E-state index in [1.54, 1.807) is 19.0 Å². The maximum absolute atomic E-state index is 11.9. The molecule has 0 bridgehead atoms. The van der Waals surface area contributed by atoms with Crippen LogP contribution in [0.5, 0.6) is 0 Å². The second-order valence-corrected chi connectivity index (χ2v) is 8.45. The van der Waals surface area contributed by atoms with Gasteiger partial charge in [0.25, 0.3) is 0 Å². The number of guanidine groups is 1. The molecule has 1 aliphatic carbocycles. The number of nitrogens with one attached hydrogen (secondary N) is 2. The summed E-state index contributed by atoms with van der Waals surface area (Å²) in [6.07, 6.45) is 4.87. The van der Waals surface area contributed by atoms with Crippen LogP contribution in [0.4, 0.5) is 0 Å². The summed E-state index contributed by atoms with van der Waals surface area (Å²) in [4.78, 5) is 18.2. The molecule has 1 amide bonds. The van der Waals surface area contributed by atoms with Gasteiger partial charge in [0.15, 0.2) is 5.96 Å². The zero-order chi connectivity index (χ0) is 18.8. The summed E-state index contributed by atoms with van der Waals surface area (Å²) >= 11 is 2.05. The summed E-state index contributed by atoms with van der Waals surface area (Å²) < 4.78 is 0. The second-order valence-electron chi connectivity index (χ2n) is 6.88. The molecule has 0 aliphatic heterocycles. The van der Waals surface area contributed by atoms with Gasteiger partial charge in [-0.05, 0) is 30.6 Å². The third kappa shape index (κ3) is 9.19. The van der Waals surface area contributed by atoms with E-state index in [9.17, 15) is 4.79 Å². The van der Waals surface area contributed by atoms with Gasteiger partial charge >= 0.3 is 0 Å². The van der Waals surface area contributed by atoms with Crippen molar-refractivity contribution in [3.63, 3.8) is 0 Å². The van der Waals surface area contributed by atoms with Crippen molar-refractivity contribution in [3.8, 4) is 0 Å². The van der Waals surface area contributed by atoms with Crippen LogP contribution in [-0.4, -0.2) is 54.5 Å². The van der Waals surface area contributed by atoms with E-state index in [1.807, 2.05) is 18.2 Å². The van der Waals surface area contributed by atoms with Crippen molar-refractivity contribution in [2.24, 2.45) is 4.99 Å². The van der Waals surface area contributed by atoms with Crippen LogP contribution < -0.4 is 10.6 Å². The zero-order valence-corrected chi connectivity index (χ0v) is 19.8. The van der Waals surface area contributed by atoms with Gasteiger partial charge in [0.1, 0.15) is 0 Å². The number of rotatable bonds is 7. The lowest BCUT2D eigenvalue weighted by Crippen LogP contribution is -2.48. The Kier molecular flexibility index (Phi) is 11.8. The highest BCUT2D eigenvalue weighted by atomic mass is 127. The molecular formula is C20H33IN4OS. The summed E-state index contributed by atoms with van der Waals surface area (Å²) in [5, 5.41) is 7.50. The number of hydrogen-bond donors (Lipinski definition) is 2. The maximum Gasteiger partial charge on any atom is 0.241 e. The number of carbonyl (C=O) groups is 1. The number of amides is 1. The number of hydrogen-bond acceptors (Lipinski definition) is 3. The van der Waals surface area contributed by atoms with Crippen LogP contribution in [0.25, 0.3) is 0 Å². The minimum Gasteiger partial charge on any atom is -0.354 e. The molecule has 1 aliphatic rings. The van der Waals surface area contributed by atoms with Gasteiger partial charge in [-0.1, -0.05) is 43.7 Å². The number of likely N-dealkylation sites (N-methyl/N-ethyl adjacent to an activating group) is 1. The average molecular weight is 504 g/mol. The quantitative estimate of drug-likeness (QED) is 0.339. The number of halogens is 1. The summed E-state index contributed by atoms with van der Waals surface area (Å²) in [7, 11) is 3.54. The molecule has 1 aromatic rings. The Balaban J connectivity index is 0.00000364. The number of thioether (sulfide) groups is 1. The van der Waals surface area contributed by atoms with Crippen molar-refractivity contribution >= 4 is 47.6 Å². The van der Waals surface area contributed by atoms with Crippen LogP contribution in [0.1, 0.15) is 38.2 Å². The summed E-state index contributed by atoms with van der Waals surface area (Å²) in [6, 6.07) is 10.6. The normalized spacial score (nSPS) is 19.7. The van der Waals surface area contributed by atoms with E-state index in [-0.39, 0.29) is 36.4 Å². The topological polar surface area (TPSA) is 56.7 Å². The molecule has 1 aromatic carbocycles. The third-order valence-electron chi connectivity index (χ3n) is 4.54. The molecule has 1 saturated carbocycles. The lowest BCUT2D eigenvalue weighted by atomic mass is 9.95. The monoisotopic (exact) mass is 504 g/mol. The third-order valence-corrected chi connectivity index (χ3v) is 5.77. The van der Waals surface area contributed by atoms with E-state index < -0.39 is 0 Å². The molecule has 2 unspecified atom stereocenters. The van der Waals surface area contributed by atoms with Gasteiger partial charge in [-0.25, -0.2) is 4.99 Å². The molecule has 0 saturated heterocycles. The molecule has 2 N–H and O–H groups in total. The molecular weight excluding hydrogens is 471 g/mol. The van der Waals surface area contributed by atoms with Gasteiger partial charge in [0, 0.05) is 25.4 Å². The molecule has 5 nitrogen and oxygen atoms in total. The van der Waals surface area contributed by atoms with Gasteiger partial charge in [-0.3, -0.25) is 4.79 Å². The van der Waals surface area contributed by atoms with Crippen LogP contribution in [0.15, 0.2) is 35.3 Å². The van der Waals surface area contributed by atoms with Gasteiger partial charge in [-0.2, -0.15) is 11.8 Å². The Hall–Kier alpha value is -0.960. The summed E-state index contributed by atoms with van der Waals surface area (Å²) in [5.74, 6) is 1.94. The fourth-order valence-electron chi connectivity index (χ4n) is 3.08. The first-order valence-electron chi connectivity index (χ1n) is 9.49. The molecule has 7 heteroatoms. The lowest BCUT2D eigenvalue weighted by molar-refractivity contribution is -0.127. The van der Waals surface area contributed by atoms with E-state index in [0.717, 1.165) is 29.6 Å². The fourth-order valence-corrected chi connectivity index (χ4v) is 4.25. The maximum atomic E-state index is 11.9. The number of carbonyl (C=O) groups excluding carboxylic acids is 1. The van der Waals surface area contributed by atoms with Crippen LogP contribution in [0, 0.1) is 0 Å². The molecule has 0 heterocycles. The highest BCUT2D eigenvalue weighted by Gasteiger charge is 2.22. The van der Waals surface area contributed by atoms with E-state index in [1.165, 1.54) is 18.6 Å². The minimum atomic E-state index is 0. The standard InChI is InChI=1S/C20H32N4OS.HI/c1-4-26-18-12-8-11-17(13-18)23-20(22-15-19(25)24(2)3)21-14-16-9-6-5-7-10-16;/h5-7,9-10,17-18H,4,8,11-15H2,1-3H3,(H2,21,22,23);1H. The van der Waals surface area contributed by atoms with Crippen LogP contribution in [0.2, 0.25) is 0 Å². The Morgan fingerprint density at radius 3 is 2.67 bits per heavy atom. The smallest absolute Gasteiger partial charge is 0.241 e. The van der Waals surface area contributed by atoms with E-state index in [4.69, 9.17) is 4.99 Å². The fraction of sp³-hybridized carbons (Fsp3) is 0.600. The molecule has 0 radical (unpaired) electrons. The van der Waals surface area contributed by atoms with Crippen molar-refractivity contribution in [2.45, 2.75) is 50.4 Å². The molecule has 2 atom stereocenters. The van der Waals surface area contributed by atoms with E-state index >= 15 is 0 Å². The predicted octanol–water partition coefficient (Wildman–Crippen LogP) is 3.49. The second kappa shape index (κ2) is 13.3. The molecule has 152 valence electrons. The lowest BCUT2D eigenvalue weighted by Gasteiger charge is -2.30. The number of benzene rings is 1. The molecule has 0 aromatic heterocycles. The van der Waals surface area contributed by atoms with Crippen molar-refractivity contribution in [1.82, 2.24) is 15.5 Å².